The lowest BCUT2D eigenvalue weighted by molar-refractivity contribution is -0.266. The summed E-state index contributed by atoms with van der Waals surface area (Å²) in [5.41, 5.74) is 5.64. The number of carbonyl (C=O) groups is 4. The number of benzene rings is 1. The summed E-state index contributed by atoms with van der Waals surface area (Å²) < 4.78 is 27.4. The number of methoxy groups -OCH3 is 1. The van der Waals surface area contributed by atoms with Gasteiger partial charge >= 0.3 is 23.9 Å². The smallest absolute Gasteiger partial charge is 0.339 e. The molecule has 2 aromatic rings. The Hall–Kier alpha value is -3.75. The Morgan fingerprint density at radius 3 is 2.16 bits per heavy atom. The van der Waals surface area contributed by atoms with Crippen LogP contribution >= 0.6 is 23.2 Å². The average Bonchev–Trinajstić information content (AvgIpc) is 2.82. The fourth-order valence-corrected chi connectivity index (χ4v) is 4.16. The fraction of sp³-hybridized carbons (Fsp3) is 0.409. The molecule has 1 aliphatic heterocycles. The number of nitrogens with two attached hydrogens (primary N) is 1. The lowest BCUT2D eigenvalue weighted by atomic mass is 9.97. The summed E-state index contributed by atoms with van der Waals surface area (Å²) >= 11 is 12.5. The van der Waals surface area contributed by atoms with Crippen LogP contribution in [0.2, 0.25) is 10.0 Å². The number of nitrogens with one attached hydrogen (secondary N) is 1. The zero-order valence-corrected chi connectivity index (χ0v) is 22.0. The minimum absolute atomic E-state index is 0.0283. The Labute approximate surface area is 225 Å². The van der Waals surface area contributed by atoms with Crippen LogP contribution in [0.3, 0.4) is 0 Å². The maximum absolute atomic E-state index is 12.7. The van der Waals surface area contributed by atoms with Crippen LogP contribution in [0, 0.1) is 5.41 Å². The molecule has 0 bridgehead atoms. The van der Waals surface area contributed by atoms with Gasteiger partial charge in [0.15, 0.2) is 36.5 Å². The first-order valence-corrected chi connectivity index (χ1v) is 11.6. The number of nitrogens with zero attached hydrogens (tertiary/aromatic N) is 3. The van der Waals surface area contributed by atoms with Gasteiger partial charge in [-0.25, -0.2) is 4.79 Å². The molecule has 1 aromatic carbocycles. The van der Waals surface area contributed by atoms with Crippen molar-refractivity contribution < 1.29 is 42.9 Å². The molecule has 16 heteroatoms. The van der Waals surface area contributed by atoms with E-state index in [-0.39, 0.29) is 27.1 Å². The van der Waals surface area contributed by atoms with Crippen molar-refractivity contribution in [1.82, 2.24) is 14.8 Å². The molecule has 204 valence electrons. The third-order valence-corrected chi connectivity index (χ3v) is 6.01. The van der Waals surface area contributed by atoms with E-state index in [0.29, 0.717) is 0 Å². The monoisotopic (exact) mass is 571 g/mol. The zero-order valence-electron chi connectivity index (χ0n) is 20.5. The number of carbonyl (C=O) groups excluding carboxylic acids is 4. The number of hydrogen-bond donors (Lipinski definition) is 2. The first-order chi connectivity index (χ1) is 17.8. The second-order valence-corrected chi connectivity index (χ2v) is 8.69. The van der Waals surface area contributed by atoms with Gasteiger partial charge in [0.1, 0.15) is 5.69 Å². The van der Waals surface area contributed by atoms with Gasteiger partial charge < -0.3 is 29.4 Å². The standard InChI is InChI=1S/C22H23Cl2N5O9/c1-8(30)35-15-16(36-9(2)31)18(21(33)34-4)38-20(17(15)37-10(3)32)29-22(26)27-19(25)14(28-29)11-6-5-7-12(23)13(11)24/h5-7,15-18,20H,1-4H3,(H3,25,26,27)/t15-,16-,17+,18-,20+/m0/s1. The number of rotatable bonds is 6. The highest BCUT2D eigenvalue weighted by atomic mass is 35.5. The van der Waals surface area contributed by atoms with E-state index in [1.54, 1.807) is 12.1 Å². The third kappa shape index (κ3) is 6.03. The van der Waals surface area contributed by atoms with Crippen LogP contribution in [-0.2, 0) is 42.9 Å². The van der Waals surface area contributed by atoms with E-state index in [0.717, 1.165) is 32.6 Å². The van der Waals surface area contributed by atoms with Crippen LogP contribution < -0.4 is 11.4 Å². The summed E-state index contributed by atoms with van der Waals surface area (Å²) in [5.74, 6) is -3.79. The largest absolute Gasteiger partial charge is 0.467 e. The SMILES string of the molecule is COC(=O)[C@H]1O[C@@H](n2nc(-c3cccc(Cl)c3Cl)c(N)nc2=N)[C@H](OC(C)=O)[C@@H](OC(C)=O)[C@@H]1OC(C)=O. The van der Waals surface area contributed by atoms with Crippen LogP contribution in [0.15, 0.2) is 18.2 Å². The Morgan fingerprint density at radius 1 is 1.00 bits per heavy atom. The van der Waals surface area contributed by atoms with Crippen molar-refractivity contribution in [3.63, 3.8) is 0 Å². The van der Waals surface area contributed by atoms with Crippen LogP contribution in [0.25, 0.3) is 11.3 Å². The predicted molar refractivity (Wildman–Crippen MR) is 128 cm³/mol. The van der Waals surface area contributed by atoms with Gasteiger partial charge in [-0.2, -0.15) is 14.8 Å². The van der Waals surface area contributed by atoms with Gasteiger partial charge in [0.2, 0.25) is 5.62 Å². The van der Waals surface area contributed by atoms with Crippen molar-refractivity contribution >= 4 is 52.9 Å². The van der Waals surface area contributed by atoms with E-state index in [1.165, 1.54) is 6.07 Å². The normalized spacial score (nSPS) is 22.7. The number of anilines is 1. The second-order valence-electron chi connectivity index (χ2n) is 7.91. The van der Waals surface area contributed by atoms with Gasteiger partial charge in [-0.1, -0.05) is 35.3 Å². The van der Waals surface area contributed by atoms with Crippen LogP contribution in [0.1, 0.15) is 27.0 Å². The van der Waals surface area contributed by atoms with Crippen LogP contribution in [0.4, 0.5) is 5.82 Å². The summed E-state index contributed by atoms with van der Waals surface area (Å²) in [4.78, 5) is 52.6. The van der Waals surface area contributed by atoms with Crippen molar-refractivity contribution in [1.29, 1.82) is 5.41 Å². The molecule has 38 heavy (non-hydrogen) atoms. The summed E-state index contributed by atoms with van der Waals surface area (Å²) in [7, 11) is 1.05. The van der Waals surface area contributed by atoms with Crippen LogP contribution in [0.5, 0.6) is 0 Å². The first kappa shape index (κ1) is 28.8. The summed E-state index contributed by atoms with van der Waals surface area (Å²) in [6.07, 6.45) is -8.10. The second kappa shape index (κ2) is 11.8. The highest BCUT2D eigenvalue weighted by Crippen LogP contribution is 2.36. The number of esters is 4. The van der Waals surface area contributed by atoms with Gasteiger partial charge in [-0.3, -0.25) is 19.8 Å². The van der Waals surface area contributed by atoms with Crippen molar-refractivity contribution in [3.05, 3.63) is 33.9 Å². The molecule has 0 radical (unpaired) electrons. The molecule has 1 saturated heterocycles. The van der Waals surface area contributed by atoms with Crippen LogP contribution in [-0.4, -0.2) is 70.2 Å². The van der Waals surface area contributed by atoms with Gasteiger partial charge in [0.25, 0.3) is 0 Å². The number of ether oxygens (including phenoxy) is 5. The Kier molecular flexibility index (Phi) is 8.91. The molecule has 0 amide bonds. The maximum Gasteiger partial charge on any atom is 0.339 e. The fourth-order valence-electron chi connectivity index (χ4n) is 3.77. The summed E-state index contributed by atoms with van der Waals surface area (Å²) in [6.45, 7) is 3.17. The minimum atomic E-state index is -1.70. The molecule has 1 aromatic heterocycles. The van der Waals surface area contributed by atoms with Gasteiger partial charge in [-0.15, -0.1) is 0 Å². The predicted octanol–water partition coefficient (Wildman–Crippen LogP) is 1.18. The molecular formula is C22H23Cl2N5O9. The van der Waals surface area contributed by atoms with Gasteiger partial charge in [0.05, 0.1) is 17.2 Å². The maximum atomic E-state index is 12.7. The molecule has 2 heterocycles. The van der Waals surface area contributed by atoms with Gasteiger partial charge in [0, 0.05) is 26.3 Å². The number of aromatic nitrogens is 3. The molecule has 1 aliphatic rings. The van der Waals surface area contributed by atoms with E-state index < -0.39 is 60.1 Å². The molecular weight excluding hydrogens is 549 g/mol. The number of halogens is 2. The molecule has 0 spiro atoms. The number of nitrogen functional groups attached to an aromatic ring is 1. The molecule has 3 rings (SSSR count). The van der Waals surface area contributed by atoms with E-state index in [4.69, 9.17) is 58.0 Å². The topological polar surface area (TPSA) is 195 Å². The molecule has 5 atom stereocenters. The highest BCUT2D eigenvalue weighted by Gasteiger charge is 2.55. The first-order valence-electron chi connectivity index (χ1n) is 10.9. The van der Waals surface area contributed by atoms with E-state index in [2.05, 4.69) is 10.1 Å². The molecule has 3 N–H and O–H groups in total. The third-order valence-electron chi connectivity index (χ3n) is 5.19. The Morgan fingerprint density at radius 2 is 1.58 bits per heavy atom. The van der Waals surface area contributed by atoms with Crippen molar-refractivity contribution in [2.24, 2.45) is 0 Å². The minimum Gasteiger partial charge on any atom is -0.467 e. The van der Waals surface area contributed by atoms with Crippen molar-refractivity contribution in [2.45, 2.75) is 51.4 Å². The van der Waals surface area contributed by atoms with E-state index >= 15 is 0 Å². The number of hydrogen-bond acceptors (Lipinski definition) is 13. The van der Waals surface area contributed by atoms with Gasteiger partial charge in [-0.05, 0) is 6.07 Å². The molecule has 0 aliphatic carbocycles. The lowest BCUT2D eigenvalue weighted by Gasteiger charge is -2.43. The molecule has 0 saturated carbocycles. The molecule has 1 fully saturated rings. The zero-order chi connectivity index (χ0) is 28.3. The van der Waals surface area contributed by atoms with E-state index in [1.807, 2.05) is 0 Å². The Bertz CT molecular complexity index is 1330. The average molecular weight is 572 g/mol. The molecule has 14 nitrogen and oxygen atoms in total. The summed E-state index contributed by atoms with van der Waals surface area (Å²) in [6, 6.07) is 4.66. The molecule has 0 unspecified atom stereocenters. The van der Waals surface area contributed by atoms with Crippen molar-refractivity contribution in [3.8, 4) is 11.3 Å². The Balaban J connectivity index is 2.26. The highest BCUT2D eigenvalue weighted by molar-refractivity contribution is 6.43. The quantitative estimate of drug-likeness (QED) is 0.371. The van der Waals surface area contributed by atoms with E-state index in [9.17, 15) is 19.2 Å². The van der Waals surface area contributed by atoms with Crippen molar-refractivity contribution in [2.75, 3.05) is 12.8 Å². The lowest BCUT2D eigenvalue weighted by Crippen LogP contribution is -2.62. The summed E-state index contributed by atoms with van der Waals surface area (Å²) in [5, 5.41) is 13.0.